The zero-order valence-electron chi connectivity index (χ0n) is 15.7. The highest BCUT2D eigenvalue weighted by Crippen LogP contribution is 2.26. The molecule has 0 radical (unpaired) electrons. The highest BCUT2D eigenvalue weighted by Gasteiger charge is 2.14. The Bertz CT molecular complexity index is 557. The Hall–Kier alpha value is -1.68. The van der Waals surface area contributed by atoms with E-state index in [1.165, 1.54) is 36.9 Å². The van der Waals surface area contributed by atoms with Gasteiger partial charge in [-0.1, -0.05) is 73.5 Å². The lowest BCUT2D eigenvalue weighted by Gasteiger charge is -2.26. The fraction of sp³-hybridized carbons (Fsp3) is 0.478. The van der Waals surface area contributed by atoms with Crippen molar-refractivity contribution in [2.45, 2.75) is 31.8 Å². The summed E-state index contributed by atoms with van der Waals surface area (Å²) < 4.78 is 11.7. The topological polar surface area (TPSA) is 21.7 Å². The molecule has 0 atom stereocenters. The fourth-order valence-corrected chi connectivity index (χ4v) is 3.46. The Balaban J connectivity index is 1.38. The van der Waals surface area contributed by atoms with E-state index in [1.54, 1.807) is 0 Å². The van der Waals surface area contributed by atoms with Crippen molar-refractivity contribution in [3.63, 3.8) is 0 Å². The van der Waals surface area contributed by atoms with Crippen LogP contribution in [0, 0.1) is 0 Å². The minimum atomic E-state index is 0.0331. The second kappa shape index (κ2) is 11.1. The standard InChI is InChI=1S/C23H31NO2/c1(9-15-24-16-19-25-20-17-24)2-10-18-26-23(21-11-5-3-6-12-21)22-13-7-4-8-14-22/h3-8,11-14,23H,1-2,9-10,15-20H2. The van der Waals surface area contributed by atoms with Crippen molar-refractivity contribution in [1.82, 2.24) is 4.90 Å². The minimum absolute atomic E-state index is 0.0331. The summed E-state index contributed by atoms with van der Waals surface area (Å²) in [4.78, 5) is 2.51. The number of morpholine rings is 1. The van der Waals surface area contributed by atoms with Crippen LogP contribution in [0.4, 0.5) is 0 Å². The van der Waals surface area contributed by atoms with Gasteiger partial charge in [-0.15, -0.1) is 0 Å². The lowest BCUT2D eigenvalue weighted by atomic mass is 10.0. The first kappa shape index (κ1) is 19.1. The van der Waals surface area contributed by atoms with Gasteiger partial charge < -0.3 is 9.47 Å². The molecular formula is C23H31NO2. The van der Waals surface area contributed by atoms with Gasteiger partial charge in [0.15, 0.2) is 0 Å². The van der Waals surface area contributed by atoms with E-state index < -0.39 is 0 Å². The molecule has 1 aliphatic heterocycles. The van der Waals surface area contributed by atoms with E-state index in [0.29, 0.717) is 0 Å². The zero-order chi connectivity index (χ0) is 17.9. The van der Waals surface area contributed by atoms with Crippen LogP contribution < -0.4 is 0 Å². The van der Waals surface area contributed by atoms with Crippen LogP contribution >= 0.6 is 0 Å². The average Bonchev–Trinajstić information content (AvgIpc) is 2.72. The molecule has 3 nitrogen and oxygen atoms in total. The second-order valence-corrected chi connectivity index (χ2v) is 6.94. The third-order valence-electron chi connectivity index (χ3n) is 4.96. The number of hydrogen-bond acceptors (Lipinski definition) is 3. The highest BCUT2D eigenvalue weighted by molar-refractivity contribution is 5.29. The average molecular weight is 354 g/mol. The van der Waals surface area contributed by atoms with Crippen LogP contribution in [0.1, 0.15) is 42.9 Å². The van der Waals surface area contributed by atoms with E-state index in [9.17, 15) is 0 Å². The quantitative estimate of drug-likeness (QED) is 0.579. The van der Waals surface area contributed by atoms with Crippen molar-refractivity contribution in [3.8, 4) is 0 Å². The van der Waals surface area contributed by atoms with E-state index in [-0.39, 0.29) is 6.10 Å². The van der Waals surface area contributed by atoms with E-state index in [4.69, 9.17) is 9.47 Å². The van der Waals surface area contributed by atoms with Crippen LogP contribution in [-0.4, -0.2) is 44.4 Å². The maximum absolute atomic E-state index is 6.28. The van der Waals surface area contributed by atoms with Gasteiger partial charge in [0, 0.05) is 19.7 Å². The van der Waals surface area contributed by atoms with Gasteiger partial charge in [0.25, 0.3) is 0 Å². The fourth-order valence-electron chi connectivity index (χ4n) is 3.46. The van der Waals surface area contributed by atoms with Crippen molar-refractivity contribution in [2.24, 2.45) is 0 Å². The third-order valence-corrected chi connectivity index (χ3v) is 4.96. The zero-order valence-corrected chi connectivity index (χ0v) is 15.7. The summed E-state index contributed by atoms with van der Waals surface area (Å²) in [6, 6.07) is 21.1. The molecule has 2 aromatic carbocycles. The molecule has 1 fully saturated rings. The molecule has 0 bridgehead atoms. The van der Waals surface area contributed by atoms with E-state index in [0.717, 1.165) is 39.3 Å². The summed E-state index contributed by atoms with van der Waals surface area (Å²) in [7, 11) is 0. The summed E-state index contributed by atoms with van der Waals surface area (Å²) in [5.74, 6) is 0. The molecule has 26 heavy (non-hydrogen) atoms. The Kier molecular flexibility index (Phi) is 8.17. The molecule has 1 aliphatic rings. The SMILES string of the molecule is c1ccc(C(OCCCCCCN2CCOCC2)c2ccccc2)cc1. The van der Waals surface area contributed by atoms with Crippen molar-refractivity contribution in [1.29, 1.82) is 0 Å². The molecule has 3 rings (SSSR count). The highest BCUT2D eigenvalue weighted by atomic mass is 16.5. The molecule has 1 saturated heterocycles. The molecule has 2 aromatic rings. The van der Waals surface area contributed by atoms with Gasteiger partial charge >= 0.3 is 0 Å². The van der Waals surface area contributed by atoms with Gasteiger partial charge in [-0.3, -0.25) is 4.90 Å². The Morgan fingerprint density at radius 3 is 1.96 bits per heavy atom. The van der Waals surface area contributed by atoms with Gasteiger partial charge in [0.2, 0.25) is 0 Å². The first-order chi connectivity index (χ1) is 12.9. The molecule has 0 spiro atoms. The van der Waals surface area contributed by atoms with Crippen LogP contribution in [0.3, 0.4) is 0 Å². The number of unbranched alkanes of at least 4 members (excludes halogenated alkanes) is 3. The molecule has 0 amide bonds. The summed E-state index contributed by atoms with van der Waals surface area (Å²) in [6.45, 7) is 6.01. The van der Waals surface area contributed by atoms with Gasteiger partial charge in [-0.2, -0.15) is 0 Å². The Morgan fingerprint density at radius 1 is 0.769 bits per heavy atom. The molecule has 0 saturated carbocycles. The van der Waals surface area contributed by atoms with Gasteiger partial charge in [0.1, 0.15) is 6.10 Å². The van der Waals surface area contributed by atoms with Crippen molar-refractivity contribution in [3.05, 3.63) is 71.8 Å². The maximum Gasteiger partial charge on any atom is 0.108 e. The van der Waals surface area contributed by atoms with E-state index in [1.807, 2.05) is 0 Å². The Morgan fingerprint density at radius 2 is 1.35 bits per heavy atom. The van der Waals surface area contributed by atoms with Gasteiger partial charge in [-0.25, -0.2) is 0 Å². The number of hydrogen-bond donors (Lipinski definition) is 0. The number of nitrogens with zero attached hydrogens (tertiary/aromatic N) is 1. The summed E-state index contributed by atoms with van der Waals surface area (Å²) >= 11 is 0. The summed E-state index contributed by atoms with van der Waals surface area (Å²) in [5.41, 5.74) is 2.46. The Labute approximate surface area is 157 Å². The largest absolute Gasteiger partial charge is 0.379 e. The van der Waals surface area contributed by atoms with Crippen LogP contribution in [0.2, 0.25) is 0 Å². The molecule has 0 N–H and O–H groups in total. The van der Waals surface area contributed by atoms with Gasteiger partial charge in [0.05, 0.1) is 13.2 Å². The first-order valence-corrected chi connectivity index (χ1v) is 9.95. The first-order valence-electron chi connectivity index (χ1n) is 9.95. The van der Waals surface area contributed by atoms with E-state index >= 15 is 0 Å². The molecule has 0 aliphatic carbocycles. The predicted molar refractivity (Wildman–Crippen MR) is 106 cm³/mol. The monoisotopic (exact) mass is 353 g/mol. The normalized spacial score (nSPS) is 15.4. The smallest absolute Gasteiger partial charge is 0.108 e. The van der Waals surface area contributed by atoms with Crippen molar-refractivity contribution >= 4 is 0 Å². The molecule has 0 unspecified atom stereocenters. The molecule has 1 heterocycles. The number of ether oxygens (including phenoxy) is 2. The summed E-state index contributed by atoms with van der Waals surface area (Å²) in [5, 5.41) is 0. The molecule has 3 heteroatoms. The van der Waals surface area contributed by atoms with Crippen LogP contribution in [-0.2, 0) is 9.47 Å². The van der Waals surface area contributed by atoms with Crippen molar-refractivity contribution in [2.75, 3.05) is 39.5 Å². The van der Waals surface area contributed by atoms with Crippen molar-refractivity contribution < 1.29 is 9.47 Å². The minimum Gasteiger partial charge on any atom is -0.379 e. The molecule has 140 valence electrons. The number of rotatable bonds is 10. The second-order valence-electron chi connectivity index (χ2n) is 6.94. The third kappa shape index (κ3) is 6.24. The summed E-state index contributed by atoms with van der Waals surface area (Å²) in [6.07, 6.45) is 4.95. The predicted octanol–water partition coefficient (Wildman–Crippen LogP) is 4.69. The lowest BCUT2D eigenvalue weighted by molar-refractivity contribution is 0.0369. The van der Waals surface area contributed by atoms with Crippen LogP contribution in [0.5, 0.6) is 0 Å². The van der Waals surface area contributed by atoms with Gasteiger partial charge in [-0.05, 0) is 30.5 Å². The maximum atomic E-state index is 6.28. The van der Waals surface area contributed by atoms with Crippen LogP contribution in [0.15, 0.2) is 60.7 Å². The van der Waals surface area contributed by atoms with E-state index in [2.05, 4.69) is 65.6 Å². The molecular weight excluding hydrogens is 322 g/mol. The van der Waals surface area contributed by atoms with Crippen LogP contribution in [0.25, 0.3) is 0 Å². The molecule has 0 aromatic heterocycles. The number of benzene rings is 2. The lowest BCUT2D eigenvalue weighted by Crippen LogP contribution is -2.36.